The van der Waals surface area contributed by atoms with Crippen LogP contribution < -0.4 is 10.2 Å². The first-order chi connectivity index (χ1) is 11.9. The highest BCUT2D eigenvalue weighted by Gasteiger charge is 2.33. The summed E-state index contributed by atoms with van der Waals surface area (Å²) in [5.41, 5.74) is -1.04. The fourth-order valence-corrected chi connectivity index (χ4v) is 3.40. The molecule has 0 spiro atoms. The fraction of sp³-hybridized carbons (Fsp3) is 0.375. The second-order valence-electron chi connectivity index (χ2n) is 5.67. The van der Waals surface area contributed by atoms with Crippen LogP contribution in [0.2, 0.25) is 0 Å². The van der Waals surface area contributed by atoms with Crippen molar-refractivity contribution in [3.63, 3.8) is 0 Å². The van der Waals surface area contributed by atoms with Gasteiger partial charge in [-0.2, -0.15) is 13.2 Å². The lowest BCUT2D eigenvalue weighted by molar-refractivity contribution is -0.137. The van der Waals surface area contributed by atoms with E-state index in [1.807, 2.05) is 10.3 Å². The molecule has 1 aliphatic rings. The molecular weight excluding hydrogens is 353 g/mol. The molecule has 1 aliphatic heterocycles. The Bertz CT molecular complexity index is 712. The summed E-state index contributed by atoms with van der Waals surface area (Å²) in [6, 6.07) is 5.00. The minimum atomic E-state index is -4.50. The van der Waals surface area contributed by atoms with E-state index in [1.165, 1.54) is 18.2 Å². The summed E-state index contributed by atoms with van der Waals surface area (Å²) in [5.74, 6) is -0.445. The van der Waals surface area contributed by atoms with E-state index in [0.29, 0.717) is 13.1 Å². The van der Waals surface area contributed by atoms with Gasteiger partial charge in [0.05, 0.1) is 17.8 Å². The number of halogens is 3. The Kier molecular flexibility index (Phi) is 5.24. The molecule has 9 heteroatoms. The number of alkyl halides is 3. The number of amides is 1. The first-order valence-corrected chi connectivity index (χ1v) is 8.64. The van der Waals surface area contributed by atoms with Crippen molar-refractivity contribution in [2.24, 2.45) is 0 Å². The quantitative estimate of drug-likeness (QED) is 0.899. The molecular formula is C16H17F3N4OS. The highest BCUT2D eigenvalue weighted by Crippen LogP contribution is 2.34. The number of rotatable bonds is 4. The third-order valence-corrected chi connectivity index (χ3v) is 4.77. The van der Waals surface area contributed by atoms with Crippen LogP contribution in [0, 0.1) is 0 Å². The monoisotopic (exact) mass is 370 g/mol. The molecule has 134 valence electrons. The van der Waals surface area contributed by atoms with Crippen LogP contribution in [0.15, 0.2) is 35.8 Å². The average Bonchev–Trinajstić information content (AvgIpc) is 3.09. The summed E-state index contributed by atoms with van der Waals surface area (Å²) in [7, 11) is 0. The second-order valence-corrected chi connectivity index (χ2v) is 6.54. The molecule has 0 aliphatic carbocycles. The molecule has 2 heterocycles. The molecule has 2 aromatic rings. The molecule has 1 fully saturated rings. The molecule has 0 atom stereocenters. The third kappa shape index (κ3) is 4.49. The van der Waals surface area contributed by atoms with Gasteiger partial charge in [-0.15, -0.1) is 11.3 Å². The lowest BCUT2D eigenvalue weighted by Gasteiger charge is -2.34. The number of hydrogen-bond acceptors (Lipinski definition) is 5. The van der Waals surface area contributed by atoms with Crippen LogP contribution in [-0.2, 0) is 11.0 Å². The number of nitrogens with one attached hydrogen (secondary N) is 1. The SMILES string of the molecule is O=C(CN1CCN(c2nccs2)CC1)Nc1ccccc1C(F)(F)F. The van der Waals surface area contributed by atoms with Gasteiger partial charge in [-0.05, 0) is 12.1 Å². The van der Waals surface area contributed by atoms with Crippen LogP contribution in [-0.4, -0.2) is 48.5 Å². The molecule has 0 bridgehead atoms. The van der Waals surface area contributed by atoms with Gasteiger partial charge in [0.1, 0.15) is 0 Å². The van der Waals surface area contributed by atoms with E-state index < -0.39 is 17.6 Å². The van der Waals surface area contributed by atoms with E-state index in [2.05, 4.69) is 15.2 Å². The predicted molar refractivity (Wildman–Crippen MR) is 90.8 cm³/mol. The Balaban J connectivity index is 1.54. The number of carbonyl (C=O) groups is 1. The highest BCUT2D eigenvalue weighted by atomic mass is 32.1. The zero-order valence-corrected chi connectivity index (χ0v) is 14.1. The van der Waals surface area contributed by atoms with E-state index in [9.17, 15) is 18.0 Å². The summed E-state index contributed by atoms with van der Waals surface area (Å²) in [4.78, 5) is 20.4. The summed E-state index contributed by atoms with van der Waals surface area (Å²) in [6.07, 6.45) is -2.75. The number of hydrogen-bond donors (Lipinski definition) is 1. The number of carbonyl (C=O) groups excluding carboxylic acids is 1. The van der Waals surface area contributed by atoms with Crippen molar-refractivity contribution in [3.05, 3.63) is 41.4 Å². The lowest BCUT2D eigenvalue weighted by Crippen LogP contribution is -2.48. The number of anilines is 2. The Hall–Kier alpha value is -2.13. The van der Waals surface area contributed by atoms with Gasteiger partial charge in [0, 0.05) is 37.8 Å². The Labute approximate surface area is 147 Å². The maximum absolute atomic E-state index is 13.0. The van der Waals surface area contributed by atoms with Gasteiger partial charge in [0.15, 0.2) is 5.13 Å². The van der Waals surface area contributed by atoms with Crippen LogP contribution in [0.3, 0.4) is 0 Å². The minimum Gasteiger partial charge on any atom is -0.346 e. The number of thiazole rings is 1. The van der Waals surface area contributed by atoms with Gasteiger partial charge in [-0.3, -0.25) is 9.69 Å². The predicted octanol–water partition coefficient (Wildman–Crippen LogP) is 2.92. The zero-order chi connectivity index (χ0) is 17.9. The number of aromatic nitrogens is 1. The zero-order valence-electron chi connectivity index (χ0n) is 13.3. The van der Waals surface area contributed by atoms with Gasteiger partial charge < -0.3 is 10.2 Å². The van der Waals surface area contributed by atoms with Gasteiger partial charge in [-0.25, -0.2) is 4.98 Å². The molecule has 3 rings (SSSR count). The average molecular weight is 370 g/mol. The fourth-order valence-electron chi connectivity index (χ4n) is 2.70. The number of piperazine rings is 1. The van der Waals surface area contributed by atoms with Gasteiger partial charge in [-0.1, -0.05) is 12.1 Å². The third-order valence-electron chi connectivity index (χ3n) is 3.94. The van der Waals surface area contributed by atoms with Crippen LogP contribution in [0.4, 0.5) is 24.0 Å². The van der Waals surface area contributed by atoms with Crippen molar-refractivity contribution < 1.29 is 18.0 Å². The molecule has 0 radical (unpaired) electrons. The summed E-state index contributed by atoms with van der Waals surface area (Å²) in [6.45, 7) is 2.86. The summed E-state index contributed by atoms with van der Waals surface area (Å²) < 4.78 is 38.9. The first-order valence-electron chi connectivity index (χ1n) is 7.76. The molecule has 1 aromatic carbocycles. The Morgan fingerprint density at radius 3 is 2.56 bits per heavy atom. The first kappa shape index (κ1) is 17.7. The molecule has 1 saturated heterocycles. The van der Waals surface area contributed by atoms with E-state index in [1.54, 1.807) is 17.5 Å². The van der Waals surface area contributed by atoms with Crippen molar-refractivity contribution in [1.82, 2.24) is 9.88 Å². The van der Waals surface area contributed by atoms with Crippen molar-refractivity contribution in [3.8, 4) is 0 Å². The number of nitrogens with zero attached hydrogens (tertiary/aromatic N) is 3. The van der Waals surface area contributed by atoms with E-state index >= 15 is 0 Å². The van der Waals surface area contributed by atoms with E-state index in [-0.39, 0.29) is 12.2 Å². The largest absolute Gasteiger partial charge is 0.418 e. The van der Waals surface area contributed by atoms with Crippen molar-refractivity contribution in [2.45, 2.75) is 6.18 Å². The molecule has 1 aromatic heterocycles. The van der Waals surface area contributed by atoms with Crippen molar-refractivity contribution in [2.75, 3.05) is 42.9 Å². The molecule has 1 N–H and O–H groups in total. The Morgan fingerprint density at radius 2 is 1.92 bits per heavy atom. The van der Waals surface area contributed by atoms with Gasteiger partial charge >= 0.3 is 6.18 Å². The molecule has 1 amide bonds. The van der Waals surface area contributed by atoms with Gasteiger partial charge in [0.25, 0.3) is 0 Å². The highest BCUT2D eigenvalue weighted by molar-refractivity contribution is 7.13. The van der Waals surface area contributed by atoms with E-state index in [4.69, 9.17) is 0 Å². The van der Waals surface area contributed by atoms with Crippen molar-refractivity contribution >= 4 is 28.1 Å². The summed E-state index contributed by atoms with van der Waals surface area (Å²) in [5, 5.41) is 5.24. The topological polar surface area (TPSA) is 48.5 Å². The van der Waals surface area contributed by atoms with Gasteiger partial charge in [0.2, 0.25) is 5.91 Å². The normalized spacial score (nSPS) is 16.0. The molecule has 5 nitrogen and oxygen atoms in total. The van der Waals surface area contributed by atoms with Crippen LogP contribution in [0.5, 0.6) is 0 Å². The summed E-state index contributed by atoms with van der Waals surface area (Å²) >= 11 is 1.56. The van der Waals surface area contributed by atoms with Crippen LogP contribution >= 0.6 is 11.3 Å². The standard InChI is InChI=1S/C16H17F3N4OS/c17-16(18,19)12-3-1-2-4-13(12)21-14(24)11-22-6-8-23(9-7-22)15-20-5-10-25-15/h1-5,10H,6-9,11H2,(H,21,24). The lowest BCUT2D eigenvalue weighted by atomic mass is 10.1. The number of benzene rings is 1. The number of para-hydroxylation sites is 1. The molecule has 25 heavy (non-hydrogen) atoms. The smallest absolute Gasteiger partial charge is 0.346 e. The Morgan fingerprint density at radius 1 is 1.20 bits per heavy atom. The van der Waals surface area contributed by atoms with Crippen molar-refractivity contribution in [1.29, 1.82) is 0 Å². The maximum atomic E-state index is 13.0. The van der Waals surface area contributed by atoms with E-state index in [0.717, 1.165) is 24.3 Å². The molecule has 0 unspecified atom stereocenters. The van der Waals surface area contributed by atoms with Crippen LogP contribution in [0.1, 0.15) is 5.56 Å². The molecule has 0 saturated carbocycles. The second kappa shape index (κ2) is 7.40. The van der Waals surface area contributed by atoms with Crippen LogP contribution in [0.25, 0.3) is 0 Å². The maximum Gasteiger partial charge on any atom is 0.418 e. The minimum absolute atomic E-state index is 0.0674.